The molecule has 0 aromatic carbocycles. The van der Waals surface area contributed by atoms with Gasteiger partial charge in [0, 0.05) is 16.5 Å². The van der Waals surface area contributed by atoms with Gasteiger partial charge in [0.2, 0.25) is 0 Å². The van der Waals surface area contributed by atoms with Crippen molar-refractivity contribution in [2.24, 2.45) is 21.8 Å². The van der Waals surface area contributed by atoms with Crippen LogP contribution in [0.5, 0.6) is 0 Å². The molecule has 4 rings (SSSR count). The van der Waals surface area contributed by atoms with E-state index < -0.39 is 0 Å². The standard InChI is InChI=1S/C21H34N2O2.Ni/c1-14(2)18-20(9-5-6-10-20)24-16(22-18)13-17-23-19(15(3)4)21(25-17)11-7-8-12-21;/h14-15,18-19H,5-13H2,1-4H3;/t18-,19-;/m1./s1. The number of nitrogens with zero attached hydrogens (tertiary/aromatic N) is 2. The second-order valence-corrected chi connectivity index (χ2v) is 9.35. The molecule has 0 aromatic heterocycles. The predicted molar refractivity (Wildman–Crippen MR) is 101 cm³/mol. The third-order valence-electron chi connectivity index (χ3n) is 6.75. The van der Waals surface area contributed by atoms with E-state index in [1.807, 2.05) is 0 Å². The van der Waals surface area contributed by atoms with Gasteiger partial charge in [-0.3, -0.25) is 0 Å². The van der Waals surface area contributed by atoms with E-state index in [0.717, 1.165) is 37.5 Å². The average Bonchev–Trinajstić information content (AvgIpc) is 3.31. The molecule has 0 aromatic rings. The number of rotatable bonds is 4. The zero-order chi connectivity index (χ0) is 17.7. The quantitative estimate of drug-likeness (QED) is 0.625. The summed E-state index contributed by atoms with van der Waals surface area (Å²) in [7, 11) is 0. The van der Waals surface area contributed by atoms with Crippen LogP contribution in [0.25, 0.3) is 0 Å². The van der Waals surface area contributed by atoms with Gasteiger partial charge in [-0.05, 0) is 63.2 Å². The molecule has 0 radical (unpaired) electrons. The van der Waals surface area contributed by atoms with E-state index in [1.165, 1.54) is 25.7 Å². The average molecular weight is 405 g/mol. The van der Waals surface area contributed by atoms with Crippen LogP contribution in [-0.2, 0) is 26.0 Å². The van der Waals surface area contributed by atoms with Crippen LogP contribution < -0.4 is 0 Å². The summed E-state index contributed by atoms with van der Waals surface area (Å²) in [4.78, 5) is 10.0. The fourth-order valence-electron chi connectivity index (χ4n) is 5.74. The van der Waals surface area contributed by atoms with E-state index in [4.69, 9.17) is 19.5 Å². The summed E-state index contributed by atoms with van der Waals surface area (Å²) in [5.41, 5.74) is -0.0731. The number of aliphatic imine (C=N–C) groups is 2. The van der Waals surface area contributed by atoms with Gasteiger partial charge < -0.3 is 9.47 Å². The van der Waals surface area contributed by atoms with E-state index in [1.54, 1.807) is 0 Å². The first kappa shape index (κ1) is 20.2. The van der Waals surface area contributed by atoms with E-state index in [-0.39, 0.29) is 27.7 Å². The molecule has 0 unspecified atom stereocenters. The third-order valence-corrected chi connectivity index (χ3v) is 6.75. The Hall–Kier alpha value is -0.566. The van der Waals surface area contributed by atoms with Gasteiger partial charge in [0.1, 0.15) is 11.2 Å². The molecule has 0 bridgehead atoms. The van der Waals surface area contributed by atoms with Crippen LogP contribution >= 0.6 is 0 Å². The van der Waals surface area contributed by atoms with Crippen molar-refractivity contribution in [1.29, 1.82) is 0 Å². The molecule has 5 heteroatoms. The molecule has 4 aliphatic rings. The Balaban J connectivity index is 0.00000196. The van der Waals surface area contributed by atoms with Crippen LogP contribution in [0.2, 0.25) is 0 Å². The normalized spacial score (nSPS) is 31.3. The minimum Gasteiger partial charge on any atom is -0.472 e. The van der Waals surface area contributed by atoms with E-state index in [2.05, 4.69) is 27.7 Å². The van der Waals surface area contributed by atoms with E-state index in [0.29, 0.717) is 30.3 Å². The van der Waals surface area contributed by atoms with Crippen molar-refractivity contribution in [1.82, 2.24) is 0 Å². The molecule has 2 aliphatic carbocycles. The van der Waals surface area contributed by atoms with Crippen molar-refractivity contribution in [2.45, 2.75) is 109 Å². The number of ether oxygens (including phenoxy) is 2. The van der Waals surface area contributed by atoms with Crippen molar-refractivity contribution in [2.75, 3.05) is 0 Å². The molecule has 2 saturated carbocycles. The van der Waals surface area contributed by atoms with Crippen molar-refractivity contribution in [3.05, 3.63) is 0 Å². The van der Waals surface area contributed by atoms with Gasteiger partial charge in [-0.1, -0.05) is 27.7 Å². The maximum atomic E-state index is 6.48. The van der Waals surface area contributed by atoms with Crippen LogP contribution in [0.1, 0.15) is 85.5 Å². The van der Waals surface area contributed by atoms with Crippen molar-refractivity contribution < 1.29 is 26.0 Å². The Morgan fingerprint density at radius 3 is 1.42 bits per heavy atom. The molecule has 4 nitrogen and oxygen atoms in total. The molecule has 2 heterocycles. The Bertz CT molecular complexity index is 523. The molecule has 2 aliphatic heterocycles. The zero-order valence-electron chi connectivity index (χ0n) is 16.7. The van der Waals surface area contributed by atoms with Crippen LogP contribution in [0.15, 0.2) is 9.98 Å². The fraction of sp³-hybridized carbons (Fsp3) is 0.905. The summed E-state index contributed by atoms with van der Waals surface area (Å²) in [6.45, 7) is 9.08. The van der Waals surface area contributed by atoms with Crippen LogP contribution in [0, 0.1) is 11.8 Å². The topological polar surface area (TPSA) is 43.2 Å². The van der Waals surface area contributed by atoms with Gasteiger partial charge in [-0.25, -0.2) is 9.98 Å². The van der Waals surface area contributed by atoms with Crippen LogP contribution in [0.4, 0.5) is 0 Å². The van der Waals surface area contributed by atoms with Gasteiger partial charge in [-0.2, -0.15) is 0 Å². The molecule has 2 fully saturated rings. The molecular formula is C21H34N2NiO2. The Kier molecular flexibility index (Phi) is 5.78. The van der Waals surface area contributed by atoms with E-state index >= 15 is 0 Å². The minimum absolute atomic E-state index is 0. The molecular weight excluding hydrogens is 371 g/mol. The maximum Gasteiger partial charge on any atom is 0.193 e. The Morgan fingerprint density at radius 1 is 0.769 bits per heavy atom. The maximum absolute atomic E-state index is 6.48. The summed E-state index contributed by atoms with van der Waals surface area (Å²) >= 11 is 0. The first-order valence-electron chi connectivity index (χ1n) is 10.5. The van der Waals surface area contributed by atoms with Crippen LogP contribution in [-0.4, -0.2) is 35.1 Å². The predicted octanol–water partition coefficient (Wildman–Crippen LogP) is 4.91. The van der Waals surface area contributed by atoms with Crippen molar-refractivity contribution >= 4 is 11.8 Å². The third kappa shape index (κ3) is 3.34. The van der Waals surface area contributed by atoms with E-state index in [9.17, 15) is 0 Å². The summed E-state index contributed by atoms with van der Waals surface area (Å²) in [6.07, 6.45) is 10.3. The molecule has 2 atom stereocenters. The first-order chi connectivity index (χ1) is 11.9. The Morgan fingerprint density at radius 2 is 1.12 bits per heavy atom. The first-order valence-corrected chi connectivity index (χ1v) is 10.5. The summed E-state index contributed by atoms with van der Waals surface area (Å²) < 4.78 is 13.0. The molecule has 2 spiro atoms. The molecule has 0 amide bonds. The minimum atomic E-state index is -0.0365. The van der Waals surface area contributed by atoms with Gasteiger partial charge in [-0.15, -0.1) is 0 Å². The summed E-state index contributed by atoms with van der Waals surface area (Å²) in [5, 5.41) is 0. The van der Waals surface area contributed by atoms with Crippen LogP contribution in [0.3, 0.4) is 0 Å². The van der Waals surface area contributed by atoms with Gasteiger partial charge >= 0.3 is 0 Å². The Labute approximate surface area is 168 Å². The molecule has 26 heavy (non-hydrogen) atoms. The second-order valence-electron chi connectivity index (χ2n) is 9.35. The van der Waals surface area contributed by atoms with Gasteiger partial charge in [0.15, 0.2) is 11.8 Å². The number of hydrogen-bond acceptors (Lipinski definition) is 4. The van der Waals surface area contributed by atoms with Gasteiger partial charge in [0.05, 0.1) is 18.5 Å². The SMILES string of the molecule is CC(C)[C@H]1N=C(CC2=N[C@H](C(C)C)C3(CCCC3)O2)OC12CCCC2.[Ni]. The summed E-state index contributed by atoms with van der Waals surface area (Å²) in [5.74, 6) is 2.78. The second kappa shape index (κ2) is 7.45. The fourth-order valence-corrected chi connectivity index (χ4v) is 5.74. The van der Waals surface area contributed by atoms with Crippen molar-refractivity contribution in [3.8, 4) is 0 Å². The zero-order valence-corrected chi connectivity index (χ0v) is 17.7. The largest absolute Gasteiger partial charge is 0.472 e. The monoisotopic (exact) mass is 404 g/mol. The number of hydrogen-bond donors (Lipinski definition) is 0. The molecule has 150 valence electrons. The summed E-state index contributed by atoms with van der Waals surface area (Å²) in [6, 6.07) is 0.599. The molecule has 0 saturated heterocycles. The van der Waals surface area contributed by atoms with Gasteiger partial charge in [0.25, 0.3) is 0 Å². The van der Waals surface area contributed by atoms with Crippen molar-refractivity contribution in [3.63, 3.8) is 0 Å². The smallest absolute Gasteiger partial charge is 0.193 e. The molecule has 0 N–H and O–H groups in total.